The Bertz CT molecular complexity index is 898. The molecule has 0 radical (unpaired) electrons. The molecular weight excluding hydrogens is 296 g/mol. The van der Waals surface area contributed by atoms with E-state index in [-0.39, 0.29) is 5.56 Å². The van der Waals surface area contributed by atoms with Crippen molar-refractivity contribution >= 4 is 17.5 Å². The van der Waals surface area contributed by atoms with Gasteiger partial charge >= 0.3 is 0 Å². The normalized spacial score (nSPS) is 13.7. The molecule has 1 aliphatic rings. The molecule has 0 unspecified atom stereocenters. The monoisotopic (exact) mass is 312 g/mol. The first-order chi connectivity index (χ1) is 10.8. The van der Waals surface area contributed by atoms with Gasteiger partial charge < -0.3 is 0 Å². The third-order valence-electron chi connectivity index (χ3n) is 4.09. The van der Waals surface area contributed by atoms with Gasteiger partial charge in [-0.3, -0.25) is 9.36 Å². The predicted molar refractivity (Wildman–Crippen MR) is 86.6 cm³/mol. The van der Waals surface area contributed by atoms with Crippen LogP contribution in [0.15, 0.2) is 40.3 Å². The van der Waals surface area contributed by atoms with Gasteiger partial charge in [-0.15, -0.1) is 5.10 Å². The molecule has 0 N–H and O–H groups in total. The van der Waals surface area contributed by atoms with Gasteiger partial charge in [0.1, 0.15) is 0 Å². The van der Waals surface area contributed by atoms with Crippen LogP contribution in [0.2, 0.25) is 0 Å². The van der Waals surface area contributed by atoms with Gasteiger partial charge in [-0.2, -0.15) is 4.52 Å². The van der Waals surface area contributed by atoms with E-state index >= 15 is 0 Å². The average molecular weight is 312 g/mol. The number of nitrogens with zero attached hydrogens (tertiary/aromatic N) is 4. The molecule has 0 spiro atoms. The number of benzene rings is 1. The molecule has 3 aromatic rings. The maximum absolute atomic E-state index is 12.6. The van der Waals surface area contributed by atoms with Crippen molar-refractivity contribution in [3.05, 3.63) is 57.5 Å². The van der Waals surface area contributed by atoms with Crippen molar-refractivity contribution < 1.29 is 0 Å². The van der Waals surface area contributed by atoms with E-state index in [0.29, 0.717) is 12.3 Å². The molecule has 0 aliphatic heterocycles. The van der Waals surface area contributed by atoms with Crippen LogP contribution < -0.4 is 5.56 Å². The molecular formula is C16H16N4OS. The smallest absolute Gasteiger partial charge is 0.279 e. The number of aryl methyl sites for hydroxylation is 1. The predicted octanol–water partition coefficient (Wildman–Crippen LogP) is 2.15. The lowest BCUT2D eigenvalue weighted by atomic mass is 10.2. The van der Waals surface area contributed by atoms with Gasteiger partial charge in [-0.25, -0.2) is 4.98 Å². The lowest BCUT2D eigenvalue weighted by molar-refractivity contribution is 0.720. The molecule has 0 saturated heterocycles. The zero-order chi connectivity index (χ0) is 15.1. The van der Waals surface area contributed by atoms with Crippen molar-refractivity contribution in [3.63, 3.8) is 0 Å². The van der Waals surface area contributed by atoms with Crippen LogP contribution in [0.1, 0.15) is 23.2 Å². The lowest BCUT2D eigenvalue weighted by Gasteiger charge is -2.06. The molecule has 112 valence electrons. The fourth-order valence-corrected chi connectivity index (χ4v) is 3.54. The van der Waals surface area contributed by atoms with Crippen molar-refractivity contribution in [2.75, 3.05) is 6.26 Å². The van der Waals surface area contributed by atoms with Gasteiger partial charge in [-0.1, -0.05) is 42.1 Å². The third-order valence-corrected chi connectivity index (χ3v) is 4.75. The van der Waals surface area contributed by atoms with Crippen LogP contribution in [0.5, 0.6) is 0 Å². The quantitative estimate of drug-likeness (QED) is 0.695. The lowest BCUT2D eigenvalue weighted by Crippen LogP contribution is -2.21. The zero-order valence-electron chi connectivity index (χ0n) is 12.3. The van der Waals surface area contributed by atoms with Crippen LogP contribution in [-0.2, 0) is 19.4 Å². The Morgan fingerprint density at radius 2 is 2.05 bits per heavy atom. The molecule has 0 saturated carbocycles. The summed E-state index contributed by atoms with van der Waals surface area (Å²) in [4.78, 5) is 17.3. The maximum Gasteiger partial charge on any atom is 0.279 e. The highest BCUT2D eigenvalue weighted by Gasteiger charge is 2.22. The minimum Gasteiger partial charge on any atom is -0.283 e. The minimum absolute atomic E-state index is 0.000360. The Kier molecular flexibility index (Phi) is 3.26. The summed E-state index contributed by atoms with van der Waals surface area (Å²) in [7, 11) is 0. The number of thioether (sulfide) groups is 1. The Morgan fingerprint density at radius 3 is 2.82 bits per heavy atom. The van der Waals surface area contributed by atoms with Crippen molar-refractivity contribution in [3.8, 4) is 0 Å². The van der Waals surface area contributed by atoms with Crippen LogP contribution in [0.3, 0.4) is 0 Å². The Balaban J connectivity index is 1.93. The third kappa shape index (κ3) is 2.06. The summed E-state index contributed by atoms with van der Waals surface area (Å²) in [6.07, 6.45) is 4.71. The zero-order valence-corrected chi connectivity index (χ0v) is 13.1. The Labute approximate surface area is 132 Å². The highest BCUT2D eigenvalue weighted by molar-refractivity contribution is 7.98. The van der Waals surface area contributed by atoms with Crippen molar-refractivity contribution in [1.29, 1.82) is 0 Å². The molecule has 1 aliphatic carbocycles. The summed E-state index contributed by atoms with van der Waals surface area (Å²) in [6, 6.07) is 10.2. The summed E-state index contributed by atoms with van der Waals surface area (Å²) in [5.41, 5.74) is 2.97. The summed E-state index contributed by atoms with van der Waals surface area (Å²) >= 11 is 1.54. The number of rotatable bonds is 3. The number of fused-ring (bicyclic) bond motifs is 2. The molecule has 0 amide bonds. The van der Waals surface area contributed by atoms with E-state index in [1.165, 1.54) is 21.8 Å². The van der Waals surface area contributed by atoms with Crippen LogP contribution in [-0.4, -0.2) is 25.4 Å². The van der Waals surface area contributed by atoms with Crippen LogP contribution >= 0.6 is 11.8 Å². The topological polar surface area (TPSA) is 52.2 Å². The molecule has 2 heterocycles. The first kappa shape index (κ1) is 13.6. The molecule has 22 heavy (non-hydrogen) atoms. The minimum atomic E-state index is -0.000360. The summed E-state index contributed by atoms with van der Waals surface area (Å²) < 4.78 is 3.50. The SMILES string of the molecule is CSc1nn2c(=O)c3c(nc2n1Cc1ccccc1)CCC3. The molecule has 2 aromatic heterocycles. The van der Waals surface area contributed by atoms with Crippen molar-refractivity contribution in [2.24, 2.45) is 0 Å². The second kappa shape index (κ2) is 5.28. The molecule has 5 nitrogen and oxygen atoms in total. The van der Waals surface area contributed by atoms with Crippen LogP contribution in [0, 0.1) is 0 Å². The molecule has 4 rings (SSSR count). The van der Waals surface area contributed by atoms with Gasteiger partial charge in [0, 0.05) is 5.56 Å². The molecule has 0 fully saturated rings. The van der Waals surface area contributed by atoms with E-state index in [0.717, 1.165) is 35.7 Å². The van der Waals surface area contributed by atoms with Gasteiger partial charge in [-0.05, 0) is 31.1 Å². The highest BCUT2D eigenvalue weighted by atomic mass is 32.2. The van der Waals surface area contributed by atoms with Crippen molar-refractivity contribution in [1.82, 2.24) is 19.2 Å². The van der Waals surface area contributed by atoms with E-state index < -0.39 is 0 Å². The molecule has 0 atom stereocenters. The Morgan fingerprint density at radius 1 is 1.23 bits per heavy atom. The average Bonchev–Trinajstić information content (AvgIpc) is 3.14. The van der Waals surface area contributed by atoms with Gasteiger partial charge in [0.25, 0.3) is 5.56 Å². The van der Waals surface area contributed by atoms with E-state index in [1.54, 1.807) is 0 Å². The van der Waals surface area contributed by atoms with Crippen LogP contribution in [0.4, 0.5) is 0 Å². The summed E-state index contributed by atoms with van der Waals surface area (Å²) in [5, 5.41) is 5.29. The molecule has 6 heteroatoms. The van der Waals surface area contributed by atoms with E-state index in [2.05, 4.69) is 17.2 Å². The second-order valence-corrected chi connectivity index (χ2v) is 6.24. The largest absolute Gasteiger partial charge is 0.283 e. The molecule has 0 bridgehead atoms. The van der Waals surface area contributed by atoms with Crippen molar-refractivity contribution in [2.45, 2.75) is 31.0 Å². The van der Waals surface area contributed by atoms with Gasteiger partial charge in [0.05, 0.1) is 12.2 Å². The number of aromatic nitrogens is 4. The van der Waals surface area contributed by atoms with Gasteiger partial charge in [0.2, 0.25) is 5.78 Å². The fourth-order valence-electron chi connectivity index (χ4n) is 3.01. The summed E-state index contributed by atoms with van der Waals surface area (Å²) in [6.45, 7) is 0.672. The first-order valence-corrected chi connectivity index (χ1v) is 8.59. The Hall–Kier alpha value is -2.08. The summed E-state index contributed by atoms with van der Waals surface area (Å²) in [5.74, 6) is 0.652. The standard InChI is InChI=1S/C16H16N4OS/c1-22-16-18-20-14(21)12-8-5-9-13(12)17-15(20)19(16)10-11-6-3-2-4-7-11/h2-4,6-7H,5,8-10H2,1H3. The maximum atomic E-state index is 12.6. The van der Waals surface area contributed by atoms with Crippen LogP contribution in [0.25, 0.3) is 5.78 Å². The number of hydrogen-bond acceptors (Lipinski definition) is 4. The number of hydrogen-bond donors (Lipinski definition) is 0. The molecule has 1 aromatic carbocycles. The fraction of sp³-hybridized carbons (Fsp3) is 0.312. The highest BCUT2D eigenvalue weighted by Crippen LogP contribution is 2.21. The van der Waals surface area contributed by atoms with E-state index in [1.807, 2.05) is 29.0 Å². The first-order valence-electron chi connectivity index (χ1n) is 7.37. The van der Waals surface area contributed by atoms with E-state index in [4.69, 9.17) is 4.98 Å². The second-order valence-electron chi connectivity index (χ2n) is 5.47. The van der Waals surface area contributed by atoms with Gasteiger partial charge in [0.15, 0.2) is 5.16 Å². The van der Waals surface area contributed by atoms with E-state index in [9.17, 15) is 4.79 Å².